The lowest BCUT2D eigenvalue weighted by Gasteiger charge is -2.17. The summed E-state index contributed by atoms with van der Waals surface area (Å²) in [5.74, 6) is -0.565. The van der Waals surface area contributed by atoms with Crippen LogP contribution in [0, 0.1) is 23.7 Å². The largest absolute Gasteiger partial charge is 0.445 e. The summed E-state index contributed by atoms with van der Waals surface area (Å²) in [5.41, 5.74) is 0. The summed E-state index contributed by atoms with van der Waals surface area (Å²) < 4.78 is 37.4. The zero-order chi connectivity index (χ0) is 17.1. The van der Waals surface area contributed by atoms with Crippen molar-refractivity contribution in [1.29, 1.82) is 0 Å². The predicted octanol–water partition coefficient (Wildman–Crippen LogP) is 1.78. The number of alkyl halides is 3. The molecule has 3 aliphatic rings. The molecule has 1 saturated heterocycles. The van der Waals surface area contributed by atoms with Gasteiger partial charge in [0.2, 0.25) is 22.0 Å². The third kappa shape index (κ3) is 2.31. The van der Waals surface area contributed by atoms with Gasteiger partial charge in [0, 0.05) is 13.1 Å². The summed E-state index contributed by atoms with van der Waals surface area (Å²) in [6.45, 7) is 0.261. The van der Waals surface area contributed by atoms with Gasteiger partial charge in [-0.25, -0.2) is 0 Å². The van der Waals surface area contributed by atoms with E-state index in [2.05, 4.69) is 15.5 Å². The summed E-state index contributed by atoms with van der Waals surface area (Å²) in [7, 11) is 0. The number of fused-ring (bicyclic) bond motifs is 5. The van der Waals surface area contributed by atoms with E-state index < -0.39 is 11.2 Å². The van der Waals surface area contributed by atoms with E-state index in [0.29, 0.717) is 11.3 Å². The standard InChI is InChI=1S/C14H13F3N4O2S/c15-14(16,17)12-19-20-13(24-12)18-3-4-21-10(22)8-6-1-2-7(5-6)9(8)11(21)23/h1-2,6-9H,3-5H2,(H,18,20). The summed E-state index contributed by atoms with van der Waals surface area (Å²) in [4.78, 5) is 26.1. The maximum atomic E-state index is 12.5. The lowest BCUT2D eigenvalue weighted by atomic mass is 9.85. The smallest absolute Gasteiger partial charge is 0.358 e. The first kappa shape index (κ1) is 15.6. The number of hydrogen-bond acceptors (Lipinski definition) is 6. The van der Waals surface area contributed by atoms with Crippen LogP contribution in [0.2, 0.25) is 0 Å². The van der Waals surface area contributed by atoms with Gasteiger partial charge < -0.3 is 5.32 Å². The van der Waals surface area contributed by atoms with Gasteiger partial charge in [0.05, 0.1) is 11.8 Å². The number of likely N-dealkylation sites (tertiary alicyclic amines) is 1. The van der Waals surface area contributed by atoms with Crippen LogP contribution in [0.1, 0.15) is 11.4 Å². The molecule has 2 heterocycles. The molecule has 0 spiro atoms. The normalized spacial score (nSPS) is 31.2. The second-order valence-electron chi connectivity index (χ2n) is 6.16. The Morgan fingerprint density at radius 1 is 1.17 bits per heavy atom. The number of nitrogens with one attached hydrogen (secondary N) is 1. The molecule has 0 aromatic carbocycles. The summed E-state index contributed by atoms with van der Waals surface area (Å²) >= 11 is 0.395. The zero-order valence-electron chi connectivity index (χ0n) is 12.3. The second-order valence-corrected chi connectivity index (χ2v) is 7.14. The molecule has 2 bridgehead atoms. The average molecular weight is 358 g/mol. The fourth-order valence-corrected chi connectivity index (χ4v) is 4.50. The van der Waals surface area contributed by atoms with Crippen molar-refractivity contribution in [3.63, 3.8) is 0 Å². The zero-order valence-corrected chi connectivity index (χ0v) is 13.1. The topological polar surface area (TPSA) is 75.2 Å². The summed E-state index contributed by atoms with van der Waals surface area (Å²) in [6, 6.07) is 0. The van der Waals surface area contributed by atoms with E-state index in [1.807, 2.05) is 12.2 Å². The average Bonchev–Trinajstić information content (AvgIpc) is 3.25. The first-order valence-electron chi connectivity index (χ1n) is 7.54. The van der Waals surface area contributed by atoms with Crippen LogP contribution < -0.4 is 5.32 Å². The van der Waals surface area contributed by atoms with Crippen LogP contribution in [0.5, 0.6) is 0 Å². The Morgan fingerprint density at radius 3 is 2.33 bits per heavy atom. The van der Waals surface area contributed by atoms with Crippen LogP contribution in [0.25, 0.3) is 0 Å². The first-order valence-corrected chi connectivity index (χ1v) is 8.36. The molecule has 24 heavy (non-hydrogen) atoms. The molecule has 1 aromatic heterocycles. The van der Waals surface area contributed by atoms with E-state index in [4.69, 9.17) is 0 Å². The number of carbonyl (C=O) groups is 2. The Labute approximate surface area is 138 Å². The van der Waals surface area contributed by atoms with Crippen LogP contribution >= 0.6 is 11.3 Å². The fourth-order valence-electron chi connectivity index (χ4n) is 3.87. The van der Waals surface area contributed by atoms with E-state index in [9.17, 15) is 22.8 Å². The Kier molecular flexibility index (Phi) is 3.41. The van der Waals surface area contributed by atoms with Crippen molar-refractivity contribution < 1.29 is 22.8 Å². The van der Waals surface area contributed by atoms with Crippen molar-refractivity contribution >= 4 is 28.3 Å². The van der Waals surface area contributed by atoms with Crippen molar-refractivity contribution in [2.45, 2.75) is 12.6 Å². The van der Waals surface area contributed by atoms with Crippen LogP contribution in [-0.4, -0.2) is 40.0 Å². The summed E-state index contributed by atoms with van der Waals surface area (Å²) in [5, 5.41) is 8.16. The lowest BCUT2D eigenvalue weighted by molar-refractivity contribution is -0.140. The van der Waals surface area contributed by atoms with Crippen LogP contribution in [0.15, 0.2) is 12.2 Å². The monoisotopic (exact) mass is 358 g/mol. The van der Waals surface area contributed by atoms with Crippen molar-refractivity contribution in [2.75, 3.05) is 18.4 Å². The fraction of sp³-hybridized carbons (Fsp3) is 0.571. The minimum Gasteiger partial charge on any atom is -0.358 e. The van der Waals surface area contributed by atoms with Gasteiger partial charge in [0.25, 0.3) is 0 Å². The number of imide groups is 1. The number of allylic oxidation sites excluding steroid dienone is 2. The molecule has 1 N–H and O–H groups in total. The molecule has 2 aliphatic carbocycles. The minimum atomic E-state index is -4.53. The van der Waals surface area contributed by atoms with Crippen LogP contribution in [-0.2, 0) is 15.8 Å². The van der Waals surface area contributed by atoms with Crippen molar-refractivity contribution in [2.24, 2.45) is 23.7 Å². The molecule has 4 rings (SSSR count). The number of amides is 2. The Morgan fingerprint density at radius 2 is 1.79 bits per heavy atom. The van der Waals surface area contributed by atoms with Gasteiger partial charge in [0.1, 0.15) is 0 Å². The lowest BCUT2D eigenvalue weighted by Crippen LogP contribution is -2.36. The molecular formula is C14H13F3N4O2S. The van der Waals surface area contributed by atoms with Gasteiger partial charge in [0.15, 0.2) is 0 Å². The Balaban J connectivity index is 1.36. The number of aromatic nitrogens is 2. The SMILES string of the molecule is O=C1C2C3C=CC(C3)C2C(=O)N1CCNc1nnc(C(F)(F)F)s1. The van der Waals surface area contributed by atoms with Crippen LogP contribution in [0.4, 0.5) is 18.3 Å². The van der Waals surface area contributed by atoms with Crippen molar-refractivity contribution in [1.82, 2.24) is 15.1 Å². The van der Waals surface area contributed by atoms with E-state index in [0.717, 1.165) is 6.42 Å². The van der Waals surface area contributed by atoms with Gasteiger partial charge >= 0.3 is 6.18 Å². The molecule has 0 radical (unpaired) electrons. The third-order valence-corrected chi connectivity index (χ3v) is 5.77. The predicted molar refractivity (Wildman–Crippen MR) is 77.8 cm³/mol. The third-order valence-electron chi connectivity index (χ3n) is 4.84. The highest BCUT2D eigenvalue weighted by Gasteiger charge is 2.58. The number of hydrogen-bond donors (Lipinski definition) is 1. The van der Waals surface area contributed by atoms with Crippen molar-refractivity contribution in [3.05, 3.63) is 17.2 Å². The van der Waals surface area contributed by atoms with Crippen molar-refractivity contribution in [3.8, 4) is 0 Å². The quantitative estimate of drug-likeness (QED) is 0.656. The number of nitrogens with zero attached hydrogens (tertiary/aromatic N) is 3. The molecular weight excluding hydrogens is 345 g/mol. The summed E-state index contributed by atoms with van der Waals surface area (Å²) in [6.07, 6.45) is 0.365. The molecule has 2 amide bonds. The van der Waals surface area contributed by atoms with E-state index >= 15 is 0 Å². The molecule has 128 valence electrons. The molecule has 2 fully saturated rings. The highest BCUT2D eigenvalue weighted by atomic mass is 32.1. The Bertz CT molecular complexity index is 702. The molecule has 1 saturated carbocycles. The van der Waals surface area contributed by atoms with E-state index in [-0.39, 0.29) is 53.7 Å². The van der Waals surface area contributed by atoms with Gasteiger partial charge in [-0.3, -0.25) is 14.5 Å². The number of anilines is 1. The van der Waals surface area contributed by atoms with Crippen LogP contribution in [0.3, 0.4) is 0 Å². The van der Waals surface area contributed by atoms with Gasteiger partial charge in [-0.1, -0.05) is 23.5 Å². The maximum absolute atomic E-state index is 12.5. The van der Waals surface area contributed by atoms with E-state index in [1.54, 1.807) is 0 Å². The van der Waals surface area contributed by atoms with Gasteiger partial charge in [-0.2, -0.15) is 13.2 Å². The minimum absolute atomic E-state index is 0.0170. The molecule has 4 atom stereocenters. The molecule has 4 unspecified atom stereocenters. The highest BCUT2D eigenvalue weighted by Crippen LogP contribution is 2.52. The Hall–Kier alpha value is -1.97. The highest BCUT2D eigenvalue weighted by molar-refractivity contribution is 7.15. The van der Waals surface area contributed by atoms with Gasteiger partial charge in [-0.15, -0.1) is 10.2 Å². The first-order chi connectivity index (χ1) is 11.4. The van der Waals surface area contributed by atoms with E-state index in [1.165, 1.54) is 4.90 Å². The number of rotatable bonds is 4. The molecule has 1 aliphatic heterocycles. The second kappa shape index (κ2) is 5.27. The molecule has 10 heteroatoms. The molecule has 6 nitrogen and oxygen atoms in total. The van der Waals surface area contributed by atoms with Gasteiger partial charge in [-0.05, 0) is 18.3 Å². The molecule has 1 aromatic rings. The number of carbonyl (C=O) groups excluding carboxylic acids is 2. The number of halogens is 3. The maximum Gasteiger partial charge on any atom is 0.445 e.